The van der Waals surface area contributed by atoms with E-state index in [4.69, 9.17) is 24.7 Å². The number of carbonyl (C=O) groups excluding carboxylic acids is 2. The summed E-state index contributed by atoms with van der Waals surface area (Å²) in [6.45, 7) is 2.79. The molecule has 0 spiro atoms. The molecule has 2 heterocycles. The third kappa shape index (κ3) is 9.48. The molecular weight excluding hydrogens is 660 g/mol. The van der Waals surface area contributed by atoms with Gasteiger partial charge in [0.05, 0.1) is 44.4 Å². The van der Waals surface area contributed by atoms with Gasteiger partial charge in [-0.1, -0.05) is 60.7 Å². The molecule has 2 aliphatic heterocycles. The van der Waals surface area contributed by atoms with Crippen LogP contribution in [0.25, 0.3) is 0 Å². The number of nitrogens with zero attached hydrogens (tertiary/aromatic N) is 1. The average Bonchev–Trinajstić information content (AvgIpc) is 3.17. The number of hydrogen-bond donors (Lipinski definition) is 4. The number of methoxy groups -OCH3 is 2. The van der Waals surface area contributed by atoms with E-state index in [1.165, 1.54) is 11.1 Å². The van der Waals surface area contributed by atoms with Crippen molar-refractivity contribution in [2.75, 3.05) is 38.4 Å². The van der Waals surface area contributed by atoms with E-state index in [-0.39, 0.29) is 43.5 Å². The molecule has 1 fully saturated rings. The van der Waals surface area contributed by atoms with Crippen LogP contribution in [0.5, 0.6) is 11.5 Å². The summed E-state index contributed by atoms with van der Waals surface area (Å²) in [5, 5.41) is 15.3. The Morgan fingerprint density at radius 1 is 0.865 bits per heavy atom. The van der Waals surface area contributed by atoms with Crippen LogP contribution in [0.3, 0.4) is 0 Å². The highest BCUT2D eigenvalue weighted by Gasteiger charge is 2.34. The number of rotatable bonds is 14. The second-order valence-electron chi connectivity index (χ2n) is 13.3. The Morgan fingerprint density at radius 2 is 1.54 bits per heavy atom. The molecule has 274 valence electrons. The lowest BCUT2D eigenvalue weighted by molar-refractivity contribution is -0.253. The molecule has 0 unspecified atom stereocenters. The molecule has 0 saturated carbocycles. The predicted molar refractivity (Wildman–Crippen MR) is 199 cm³/mol. The van der Waals surface area contributed by atoms with Crippen molar-refractivity contribution in [1.82, 2.24) is 10.2 Å². The summed E-state index contributed by atoms with van der Waals surface area (Å²) in [5.74, 6) is 1.18. The molecule has 3 atom stereocenters. The lowest BCUT2D eigenvalue weighted by atomic mass is 9.97. The minimum Gasteiger partial charge on any atom is -0.493 e. The van der Waals surface area contributed by atoms with Gasteiger partial charge in [0.1, 0.15) is 0 Å². The summed E-state index contributed by atoms with van der Waals surface area (Å²) in [6.07, 6.45) is 1.63. The van der Waals surface area contributed by atoms with E-state index in [2.05, 4.69) is 27.7 Å². The summed E-state index contributed by atoms with van der Waals surface area (Å²) in [4.78, 5) is 27.2. The average molecular weight is 709 g/mol. The Bertz CT molecular complexity index is 1820. The Labute approximate surface area is 305 Å². The van der Waals surface area contributed by atoms with Crippen LogP contribution in [0.4, 0.5) is 11.4 Å². The standard InChI is InChI=1S/C41H48N4O7/c1-49-37-20-31-18-19-45(24-32(31)21-38(37)50-2)25-33-22-36(29-14-12-28(26-46)13-15-29)52-41(51-33)30-16-10-27(11-17-30)23-43-39(47)8-5-9-40(48)44-35-7-4-3-6-34(35)42/h3-4,6-7,10-17,20-21,33,36,41,46H,5,8-9,18-19,22-26,42H2,1-2H3,(H,43,47)(H,44,48)/t33-,36+,41+/m0/s1. The molecule has 4 aromatic carbocycles. The van der Waals surface area contributed by atoms with Gasteiger partial charge in [0.2, 0.25) is 11.8 Å². The molecule has 52 heavy (non-hydrogen) atoms. The number of para-hydroxylation sites is 2. The van der Waals surface area contributed by atoms with Gasteiger partial charge in [-0.15, -0.1) is 0 Å². The van der Waals surface area contributed by atoms with Gasteiger partial charge in [0.25, 0.3) is 0 Å². The van der Waals surface area contributed by atoms with Gasteiger partial charge in [-0.2, -0.15) is 0 Å². The topological polar surface area (TPSA) is 145 Å². The van der Waals surface area contributed by atoms with Crippen molar-refractivity contribution in [3.05, 3.63) is 118 Å². The Kier molecular flexibility index (Phi) is 12.4. The molecule has 1 saturated heterocycles. The molecule has 5 N–H and O–H groups in total. The first kappa shape index (κ1) is 36.8. The number of nitrogens with two attached hydrogens (primary N) is 1. The van der Waals surface area contributed by atoms with Crippen LogP contribution < -0.4 is 25.8 Å². The zero-order valence-corrected chi connectivity index (χ0v) is 29.8. The summed E-state index contributed by atoms with van der Waals surface area (Å²) in [7, 11) is 3.32. The second-order valence-corrected chi connectivity index (χ2v) is 13.3. The highest BCUT2D eigenvalue weighted by atomic mass is 16.7. The quantitative estimate of drug-likeness (QED) is 0.119. The Morgan fingerprint density at radius 3 is 2.25 bits per heavy atom. The first-order valence-electron chi connectivity index (χ1n) is 17.8. The van der Waals surface area contributed by atoms with Gasteiger partial charge in [-0.05, 0) is 64.9 Å². The Balaban J connectivity index is 1.05. The van der Waals surface area contributed by atoms with Crippen molar-refractivity contribution in [3.8, 4) is 11.5 Å². The van der Waals surface area contributed by atoms with Crippen molar-refractivity contribution in [2.24, 2.45) is 0 Å². The number of nitrogens with one attached hydrogen (secondary N) is 2. The van der Waals surface area contributed by atoms with E-state index in [1.54, 1.807) is 38.5 Å². The van der Waals surface area contributed by atoms with Crippen LogP contribution in [-0.2, 0) is 45.2 Å². The number of amides is 2. The van der Waals surface area contributed by atoms with Gasteiger partial charge < -0.3 is 40.4 Å². The van der Waals surface area contributed by atoms with Gasteiger partial charge >= 0.3 is 0 Å². The van der Waals surface area contributed by atoms with Crippen molar-refractivity contribution in [3.63, 3.8) is 0 Å². The zero-order valence-electron chi connectivity index (χ0n) is 29.8. The molecule has 4 aromatic rings. The number of benzene rings is 4. The summed E-state index contributed by atoms with van der Waals surface area (Å²) < 4.78 is 24.3. The van der Waals surface area contributed by atoms with E-state index in [1.807, 2.05) is 48.5 Å². The SMILES string of the molecule is COc1cc2c(cc1OC)CN(C[C@@H]1C[C@H](c3ccc(CO)cc3)O[C@H](c3ccc(CNC(=O)CCCC(=O)Nc4ccccc4N)cc3)O1)CC2. The fourth-order valence-corrected chi connectivity index (χ4v) is 6.73. The molecule has 0 aliphatic carbocycles. The zero-order chi connectivity index (χ0) is 36.5. The van der Waals surface area contributed by atoms with Crippen LogP contribution in [0.2, 0.25) is 0 Å². The number of nitrogen functional groups attached to an aromatic ring is 1. The summed E-state index contributed by atoms with van der Waals surface area (Å²) >= 11 is 0. The number of fused-ring (bicyclic) bond motifs is 1. The molecule has 6 rings (SSSR count). The number of hydrogen-bond acceptors (Lipinski definition) is 9. The molecule has 11 nitrogen and oxygen atoms in total. The van der Waals surface area contributed by atoms with Crippen molar-refractivity contribution >= 4 is 23.2 Å². The van der Waals surface area contributed by atoms with Crippen LogP contribution in [0.1, 0.15) is 71.5 Å². The first-order chi connectivity index (χ1) is 25.3. The van der Waals surface area contributed by atoms with Gasteiger partial charge in [0.15, 0.2) is 17.8 Å². The van der Waals surface area contributed by atoms with Crippen molar-refractivity contribution in [2.45, 2.75) is 70.3 Å². The molecule has 0 bridgehead atoms. The number of ether oxygens (including phenoxy) is 4. The van der Waals surface area contributed by atoms with E-state index < -0.39 is 6.29 Å². The maximum absolute atomic E-state index is 12.5. The lowest BCUT2D eigenvalue weighted by Gasteiger charge is -2.39. The number of aliphatic hydroxyl groups is 1. The van der Waals surface area contributed by atoms with Gasteiger partial charge in [-0.25, -0.2) is 0 Å². The summed E-state index contributed by atoms with van der Waals surface area (Å²) in [5.41, 5.74) is 13.2. The molecule has 11 heteroatoms. The fourth-order valence-electron chi connectivity index (χ4n) is 6.73. The van der Waals surface area contributed by atoms with Gasteiger partial charge in [0, 0.05) is 51.0 Å². The number of aliphatic hydroxyl groups excluding tert-OH is 1. The van der Waals surface area contributed by atoms with Crippen LogP contribution in [0.15, 0.2) is 84.9 Å². The minimum absolute atomic E-state index is 0.0120. The van der Waals surface area contributed by atoms with Crippen molar-refractivity contribution < 1.29 is 33.6 Å². The van der Waals surface area contributed by atoms with Crippen LogP contribution in [0, 0.1) is 0 Å². The predicted octanol–water partition coefficient (Wildman–Crippen LogP) is 5.81. The largest absolute Gasteiger partial charge is 0.493 e. The molecule has 2 aliphatic rings. The second kappa shape index (κ2) is 17.5. The van der Waals surface area contributed by atoms with Crippen LogP contribution in [-0.4, -0.2) is 55.2 Å². The van der Waals surface area contributed by atoms with E-state index in [0.717, 1.165) is 59.8 Å². The first-order valence-corrected chi connectivity index (χ1v) is 17.8. The maximum Gasteiger partial charge on any atom is 0.224 e. The van der Waals surface area contributed by atoms with E-state index >= 15 is 0 Å². The molecule has 0 aromatic heterocycles. The fraction of sp³-hybridized carbons (Fsp3) is 0.366. The number of carbonyl (C=O) groups is 2. The highest BCUT2D eigenvalue weighted by molar-refractivity contribution is 5.93. The van der Waals surface area contributed by atoms with Crippen LogP contribution >= 0.6 is 0 Å². The molecule has 2 amide bonds. The monoisotopic (exact) mass is 708 g/mol. The third-order valence-electron chi connectivity index (χ3n) is 9.66. The Hall–Kier alpha value is -4.94. The van der Waals surface area contributed by atoms with E-state index in [9.17, 15) is 14.7 Å². The minimum atomic E-state index is -0.580. The normalized spacial score (nSPS) is 18.6. The van der Waals surface area contributed by atoms with Crippen molar-refractivity contribution in [1.29, 1.82) is 0 Å². The summed E-state index contributed by atoms with van der Waals surface area (Å²) in [6, 6.07) is 27.0. The third-order valence-corrected chi connectivity index (χ3v) is 9.66. The van der Waals surface area contributed by atoms with E-state index in [0.29, 0.717) is 30.8 Å². The molecular formula is C41H48N4O7. The maximum atomic E-state index is 12.5. The molecule has 0 radical (unpaired) electrons. The lowest BCUT2D eigenvalue weighted by Crippen LogP contribution is -2.41. The van der Waals surface area contributed by atoms with Gasteiger partial charge in [-0.3, -0.25) is 14.5 Å². The number of anilines is 2. The smallest absolute Gasteiger partial charge is 0.224 e. The highest BCUT2D eigenvalue weighted by Crippen LogP contribution is 2.39.